The fraction of sp³-hybridized carbons (Fsp3) is 0.462. The lowest BCUT2D eigenvalue weighted by Gasteiger charge is -2.26. The van der Waals surface area contributed by atoms with Gasteiger partial charge in [0.15, 0.2) is 0 Å². The molecule has 1 atom stereocenters. The average Bonchev–Trinajstić information content (AvgIpc) is 2.79. The number of nitrogens with two attached hydrogens (primary N) is 1. The number of ether oxygens (including phenoxy) is 2. The highest BCUT2D eigenvalue weighted by atomic mass is 16.5. The molecule has 0 saturated heterocycles. The number of esters is 1. The van der Waals surface area contributed by atoms with Gasteiger partial charge in [-0.05, 0) is 5.92 Å². The van der Waals surface area contributed by atoms with Crippen molar-refractivity contribution in [3.63, 3.8) is 0 Å². The predicted molar refractivity (Wildman–Crippen MR) is 69.3 cm³/mol. The first kappa shape index (κ1) is 13.9. The summed E-state index contributed by atoms with van der Waals surface area (Å²) in [6.45, 7) is 3.94. The van der Waals surface area contributed by atoms with Gasteiger partial charge in [0.1, 0.15) is 6.07 Å². The topological polar surface area (TPSA) is 114 Å². The summed E-state index contributed by atoms with van der Waals surface area (Å²) in [7, 11) is 1.32. The number of hydrogen-bond acceptors (Lipinski definition) is 6. The number of carbonyl (C=O) groups excluding carboxylic acids is 1. The van der Waals surface area contributed by atoms with E-state index in [0.29, 0.717) is 22.7 Å². The number of aromatic nitrogens is 2. The van der Waals surface area contributed by atoms with E-state index in [0.717, 1.165) is 0 Å². The molecule has 0 aromatic carbocycles. The molecule has 1 aliphatic heterocycles. The minimum absolute atomic E-state index is 0.0457. The molecule has 0 amide bonds. The molecule has 1 aromatic heterocycles. The van der Waals surface area contributed by atoms with E-state index in [1.54, 1.807) is 0 Å². The Morgan fingerprint density at radius 2 is 2.35 bits per heavy atom. The van der Waals surface area contributed by atoms with Crippen LogP contribution in [-0.4, -0.2) is 23.3 Å². The Kier molecular flexibility index (Phi) is 3.66. The van der Waals surface area contributed by atoms with E-state index in [-0.39, 0.29) is 30.1 Å². The Hall–Kier alpha value is -2.49. The van der Waals surface area contributed by atoms with Crippen LogP contribution in [0.25, 0.3) is 0 Å². The standard InChI is InChI=1S/C13H16N4O3/c1-6(2)10-7(5-14)12(15)20-13-11(10)8(16-17-13)4-9(18)19-3/h6,10H,4,15H2,1-3H3,(H,16,17). The van der Waals surface area contributed by atoms with Crippen LogP contribution in [-0.2, 0) is 16.0 Å². The van der Waals surface area contributed by atoms with Gasteiger partial charge in [-0.3, -0.25) is 9.89 Å². The van der Waals surface area contributed by atoms with Crippen molar-refractivity contribution < 1.29 is 14.3 Å². The molecule has 2 heterocycles. The molecule has 3 N–H and O–H groups in total. The maximum Gasteiger partial charge on any atom is 0.311 e. The van der Waals surface area contributed by atoms with E-state index in [9.17, 15) is 10.1 Å². The summed E-state index contributed by atoms with van der Waals surface area (Å²) in [6.07, 6.45) is 0.0457. The van der Waals surface area contributed by atoms with Crippen molar-refractivity contribution in [2.24, 2.45) is 11.7 Å². The molecule has 106 valence electrons. The molecule has 1 unspecified atom stereocenters. The van der Waals surface area contributed by atoms with Crippen LogP contribution in [0.5, 0.6) is 5.88 Å². The minimum atomic E-state index is -0.389. The number of nitriles is 1. The SMILES string of the molecule is COC(=O)Cc1[nH]nc2c1C(C(C)C)C(C#N)=C(N)O2. The number of fused-ring (bicyclic) bond motifs is 1. The van der Waals surface area contributed by atoms with Crippen LogP contribution in [0.4, 0.5) is 0 Å². The van der Waals surface area contributed by atoms with Gasteiger partial charge in [-0.1, -0.05) is 13.8 Å². The van der Waals surface area contributed by atoms with Crippen LogP contribution >= 0.6 is 0 Å². The predicted octanol–water partition coefficient (Wildman–Crippen LogP) is 0.951. The third-order valence-electron chi connectivity index (χ3n) is 3.28. The summed E-state index contributed by atoms with van der Waals surface area (Å²) in [5.74, 6) is -0.143. The molecular weight excluding hydrogens is 260 g/mol. The number of nitrogens with zero attached hydrogens (tertiary/aromatic N) is 2. The van der Waals surface area contributed by atoms with Crippen molar-refractivity contribution in [3.05, 3.63) is 22.7 Å². The van der Waals surface area contributed by atoms with Gasteiger partial charge in [0.2, 0.25) is 11.8 Å². The number of aromatic amines is 1. The molecule has 7 nitrogen and oxygen atoms in total. The molecule has 0 aliphatic carbocycles. The number of methoxy groups -OCH3 is 1. The van der Waals surface area contributed by atoms with E-state index in [2.05, 4.69) is 21.0 Å². The van der Waals surface area contributed by atoms with E-state index in [4.69, 9.17) is 10.5 Å². The zero-order valence-electron chi connectivity index (χ0n) is 11.6. The fourth-order valence-corrected chi connectivity index (χ4v) is 2.37. The summed E-state index contributed by atoms with van der Waals surface area (Å²) in [5, 5.41) is 16.1. The van der Waals surface area contributed by atoms with Crippen LogP contribution in [0.2, 0.25) is 0 Å². The first-order chi connectivity index (χ1) is 9.49. The first-order valence-corrected chi connectivity index (χ1v) is 6.21. The monoisotopic (exact) mass is 276 g/mol. The van der Waals surface area contributed by atoms with Gasteiger partial charge >= 0.3 is 5.97 Å². The van der Waals surface area contributed by atoms with Gasteiger partial charge in [-0.25, -0.2) is 0 Å². The lowest BCUT2D eigenvalue weighted by atomic mass is 9.81. The Labute approximate surface area is 116 Å². The van der Waals surface area contributed by atoms with Gasteiger partial charge in [0.05, 0.1) is 24.8 Å². The van der Waals surface area contributed by atoms with E-state index in [1.165, 1.54) is 7.11 Å². The lowest BCUT2D eigenvalue weighted by Crippen LogP contribution is -2.23. The molecule has 1 aliphatic rings. The van der Waals surface area contributed by atoms with Crippen molar-refractivity contribution in [1.29, 1.82) is 5.26 Å². The Bertz CT molecular complexity index is 610. The number of nitrogens with one attached hydrogen (secondary N) is 1. The summed E-state index contributed by atoms with van der Waals surface area (Å²) in [5.41, 5.74) is 7.41. The van der Waals surface area contributed by atoms with E-state index in [1.807, 2.05) is 13.8 Å². The van der Waals surface area contributed by atoms with Crippen molar-refractivity contribution >= 4 is 5.97 Å². The summed E-state index contributed by atoms with van der Waals surface area (Å²) in [4.78, 5) is 11.4. The molecular formula is C13H16N4O3. The van der Waals surface area contributed by atoms with Gasteiger partial charge in [-0.15, -0.1) is 5.10 Å². The van der Waals surface area contributed by atoms with Gasteiger partial charge in [0, 0.05) is 11.5 Å². The highest BCUT2D eigenvalue weighted by Crippen LogP contribution is 2.42. The number of hydrogen-bond donors (Lipinski definition) is 2. The van der Waals surface area contributed by atoms with Gasteiger partial charge in [0.25, 0.3) is 0 Å². The van der Waals surface area contributed by atoms with Crippen molar-refractivity contribution in [3.8, 4) is 11.9 Å². The van der Waals surface area contributed by atoms with Crippen molar-refractivity contribution in [2.75, 3.05) is 7.11 Å². The third kappa shape index (κ3) is 2.20. The van der Waals surface area contributed by atoms with E-state index >= 15 is 0 Å². The second-order valence-electron chi connectivity index (χ2n) is 4.89. The molecule has 7 heteroatoms. The maximum absolute atomic E-state index is 11.4. The summed E-state index contributed by atoms with van der Waals surface area (Å²) < 4.78 is 10.0. The quantitative estimate of drug-likeness (QED) is 0.794. The Balaban J connectivity index is 2.50. The van der Waals surface area contributed by atoms with Crippen LogP contribution < -0.4 is 10.5 Å². The third-order valence-corrected chi connectivity index (χ3v) is 3.28. The second kappa shape index (κ2) is 5.25. The fourth-order valence-electron chi connectivity index (χ4n) is 2.37. The molecule has 20 heavy (non-hydrogen) atoms. The molecule has 0 bridgehead atoms. The molecule has 0 radical (unpaired) electrons. The number of carbonyl (C=O) groups is 1. The Morgan fingerprint density at radius 1 is 1.65 bits per heavy atom. The van der Waals surface area contributed by atoms with Crippen LogP contribution in [0.1, 0.15) is 31.0 Å². The molecule has 0 saturated carbocycles. The zero-order chi connectivity index (χ0) is 14.9. The van der Waals surface area contributed by atoms with Crippen molar-refractivity contribution in [2.45, 2.75) is 26.2 Å². The minimum Gasteiger partial charge on any atom is -0.469 e. The highest BCUT2D eigenvalue weighted by Gasteiger charge is 2.36. The largest absolute Gasteiger partial charge is 0.469 e. The molecule has 2 rings (SSSR count). The smallest absolute Gasteiger partial charge is 0.311 e. The average molecular weight is 276 g/mol. The number of H-pyrrole nitrogens is 1. The second-order valence-corrected chi connectivity index (χ2v) is 4.89. The Morgan fingerprint density at radius 3 is 2.90 bits per heavy atom. The van der Waals surface area contributed by atoms with Crippen molar-refractivity contribution in [1.82, 2.24) is 10.2 Å². The zero-order valence-corrected chi connectivity index (χ0v) is 11.6. The number of rotatable bonds is 3. The number of allylic oxidation sites excluding steroid dienone is 1. The highest BCUT2D eigenvalue weighted by molar-refractivity contribution is 5.73. The summed E-state index contributed by atoms with van der Waals surface area (Å²) in [6, 6.07) is 2.08. The van der Waals surface area contributed by atoms with Gasteiger partial charge in [-0.2, -0.15) is 5.26 Å². The van der Waals surface area contributed by atoms with Crippen LogP contribution in [0.3, 0.4) is 0 Å². The summed E-state index contributed by atoms with van der Waals surface area (Å²) >= 11 is 0. The van der Waals surface area contributed by atoms with Crippen LogP contribution in [0, 0.1) is 17.2 Å². The van der Waals surface area contributed by atoms with Gasteiger partial charge < -0.3 is 15.2 Å². The molecule has 0 fully saturated rings. The maximum atomic E-state index is 11.4. The first-order valence-electron chi connectivity index (χ1n) is 6.21. The molecule has 1 aromatic rings. The van der Waals surface area contributed by atoms with E-state index < -0.39 is 0 Å². The van der Waals surface area contributed by atoms with Crippen LogP contribution in [0.15, 0.2) is 11.5 Å². The molecule has 0 spiro atoms. The normalized spacial score (nSPS) is 17.4. The lowest BCUT2D eigenvalue weighted by molar-refractivity contribution is -0.139.